The molecule has 0 saturated carbocycles. The first-order valence-electron chi connectivity index (χ1n) is 9.14. The fourth-order valence-electron chi connectivity index (χ4n) is 3.48. The van der Waals surface area contributed by atoms with Crippen molar-refractivity contribution in [3.63, 3.8) is 0 Å². The van der Waals surface area contributed by atoms with Gasteiger partial charge in [0.1, 0.15) is 5.04 Å². The monoisotopic (exact) mass is 418 g/mol. The minimum Gasteiger partial charge on any atom is -0.469 e. The molecule has 0 radical (unpaired) electrons. The summed E-state index contributed by atoms with van der Waals surface area (Å²) in [6.07, 6.45) is 4.11. The van der Waals surface area contributed by atoms with Crippen LogP contribution in [0, 0.1) is 5.92 Å². The molecule has 0 aromatic carbocycles. The van der Waals surface area contributed by atoms with Crippen molar-refractivity contribution in [2.45, 2.75) is 38.2 Å². The van der Waals surface area contributed by atoms with Crippen LogP contribution in [0.4, 0.5) is 0 Å². The molecule has 0 bridgehead atoms. The van der Waals surface area contributed by atoms with Crippen LogP contribution in [0.5, 0.6) is 0 Å². The van der Waals surface area contributed by atoms with E-state index < -0.39 is 10.5 Å². The van der Waals surface area contributed by atoms with Crippen LogP contribution in [0.15, 0.2) is 10.2 Å². The minimum atomic E-state index is -0.738. The van der Waals surface area contributed by atoms with E-state index in [2.05, 4.69) is 30.4 Å². The molecule has 1 N–H and O–H groups in total. The van der Waals surface area contributed by atoms with Crippen LogP contribution in [-0.4, -0.2) is 72.3 Å². The molecule has 0 aromatic heterocycles. The van der Waals surface area contributed by atoms with Crippen molar-refractivity contribution in [2.75, 3.05) is 39.9 Å². The molecular formula is C17H27ClN4O4S. The van der Waals surface area contributed by atoms with Gasteiger partial charge in [-0.2, -0.15) is 0 Å². The molecule has 10 heteroatoms. The topological polar surface area (TPSA) is 92.6 Å². The van der Waals surface area contributed by atoms with E-state index >= 15 is 0 Å². The van der Waals surface area contributed by atoms with Gasteiger partial charge in [0, 0.05) is 29.5 Å². The summed E-state index contributed by atoms with van der Waals surface area (Å²) in [7, 11) is 0.641. The van der Waals surface area contributed by atoms with Crippen molar-refractivity contribution >= 4 is 44.3 Å². The summed E-state index contributed by atoms with van der Waals surface area (Å²) in [4.78, 5) is 24.9. The first-order chi connectivity index (χ1) is 12.7. The second-order valence-electron chi connectivity index (χ2n) is 6.62. The van der Waals surface area contributed by atoms with E-state index in [0.717, 1.165) is 62.1 Å². The lowest BCUT2D eigenvalue weighted by molar-refractivity contribution is -0.142. The Kier molecular flexibility index (Phi) is 8.92. The number of rotatable bonds is 5. The number of hydrogen-bond donors (Lipinski definition) is 1. The molecule has 1 unspecified atom stereocenters. The number of piperidine rings is 2. The summed E-state index contributed by atoms with van der Waals surface area (Å²) in [5.74, 6) is 0.0809. The third kappa shape index (κ3) is 5.62. The van der Waals surface area contributed by atoms with Gasteiger partial charge in [-0.15, -0.1) is 22.6 Å². The van der Waals surface area contributed by atoms with Gasteiger partial charge in [-0.25, -0.2) is 4.79 Å². The quantitative estimate of drug-likeness (QED) is 0.537. The van der Waals surface area contributed by atoms with E-state index in [1.165, 1.54) is 7.11 Å². The number of hydrogen-bond acceptors (Lipinski definition) is 8. The summed E-state index contributed by atoms with van der Waals surface area (Å²) >= 11 is 0. The Morgan fingerprint density at radius 3 is 2.59 bits per heavy atom. The zero-order valence-electron chi connectivity index (χ0n) is 15.5. The summed E-state index contributed by atoms with van der Waals surface area (Å²) < 4.78 is 10.4. The Morgan fingerprint density at radius 2 is 1.96 bits per heavy atom. The molecule has 3 aliphatic heterocycles. The van der Waals surface area contributed by atoms with Gasteiger partial charge >= 0.3 is 5.97 Å². The molecule has 3 aliphatic rings. The maximum absolute atomic E-state index is 11.6. The summed E-state index contributed by atoms with van der Waals surface area (Å²) in [6, 6.07) is 0. The first-order valence-corrected chi connectivity index (χ1v) is 10.4. The molecule has 0 aromatic rings. The summed E-state index contributed by atoms with van der Waals surface area (Å²) in [5, 5.41) is 15.9. The van der Waals surface area contributed by atoms with E-state index in [1.54, 1.807) is 0 Å². The number of amidine groups is 1. The van der Waals surface area contributed by atoms with Crippen molar-refractivity contribution in [3.05, 3.63) is 0 Å². The Hall–Kier alpha value is -1.25. The van der Waals surface area contributed by atoms with Gasteiger partial charge in [0.15, 0.2) is 10.4 Å². The Bertz CT molecular complexity index is 637. The highest BCUT2D eigenvalue weighted by Crippen LogP contribution is 2.34. The Morgan fingerprint density at radius 1 is 1.26 bits per heavy atom. The molecule has 8 nitrogen and oxygen atoms in total. The van der Waals surface area contributed by atoms with E-state index in [-0.39, 0.29) is 30.9 Å². The maximum atomic E-state index is 11.6. The molecule has 0 amide bonds. The van der Waals surface area contributed by atoms with Crippen molar-refractivity contribution < 1.29 is 19.1 Å². The van der Waals surface area contributed by atoms with Crippen LogP contribution in [0.1, 0.15) is 32.1 Å². The number of carbonyl (C=O) groups is 1. The molecule has 0 aliphatic carbocycles. The van der Waals surface area contributed by atoms with Crippen molar-refractivity contribution in [1.29, 1.82) is 0 Å². The number of nitrogens with zero attached hydrogens (tertiary/aromatic N) is 3. The summed E-state index contributed by atoms with van der Waals surface area (Å²) in [5.41, 5.74) is 0. The van der Waals surface area contributed by atoms with Gasteiger partial charge < -0.3 is 19.7 Å². The largest absolute Gasteiger partial charge is 0.469 e. The highest BCUT2D eigenvalue weighted by atomic mass is 35.5. The maximum Gasteiger partial charge on any atom is 0.307 e. The van der Waals surface area contributed by atoms with Crippen LogP contribution in [-0.2, 0) is 19.1 Å². The standard InChI is InChI=1S/C17H26N4O4S.ClH/c1-24-15(23)6-11-25-14-4-9-21(10-5-14)17-20-19-16(26(17)12-22)13-2-7-18-8-3-13;/h13-14,18H,2-11H2,1H3;1H. The van der Waals surface area contributed by atoms with Crippen molar-refractivity contribution in [3.8, 4) is 0 Å². The Labute approximate surface area is 168 Å². The van der Waals surface area contributed by atoms with E-state index in [9.17, 15) is 9.59 Å². The number of carbonyl (C=O) groups excluding carboxylic acids is 2. The van der Waals surface area contributed by atoms with Gasteiger partial charge in [0.25, 0.3) is 0 Å². The molecule has 3 heterocycles. The lowest BCUT2D eigenvalue weighted by Crippen LogP contribution is -2.40. The van der Waals surface area contributed by atoms with Gasteiger partial charge in [0.2, 0.25) is 0 Å². The number of halogens is 1. The van der Waals surface area contributed by atoms with Crippen LogP contribution < -0.4 is 5.32 Å². The highest BCUT2D eigenvalue weighted by Gasteiger charge is 2.33. The number of likely N-dealkylation sites (tertiary alicyclic amines) is 1. The average Bonchev–Trinajstić information content (AvgIpc) is 3.13. The Balaban J connectivity index is 0.00000261. The fourth-order valence-corrected chi connectivity index (χ4v) is 5.08. The predicted octanol–water partition coefficient (Wildman–Crippen LogP) is 1.47. The smallest absolute Gasteiger partial charge is 0.307 e. The molecule has 1 atom stereocenters. The SMILES string of the molecule is COC(=O)CCOC1CCN(C2=NN=C(C3CCNCC3)S2=C=O)CC1.Cl. The highest BCUT2D eigenvalue weighted by molar-refractivity contribution is 8.39. The van der Waals surface area contributed by atoms with Crippen molar-refractivity contribution in [1.82, 2.24) is 10.2 Å². The molecule has 0 spiro atoms. The third-order valence-corrected chi connectivity index (χ3v) is 6.70. The lowest BCUT2D eigenvalue weighted by Gasteiger charge is -2.33. The number of nitrogens with one attached hydrogen (secondary N) is 1. The van der Waals surface area contributed by atoms with Crippen LogP contribution in [0.2, 0.25) is 0 Å². The molecule has 3 rings (SSSR count). The van der Waals surface area contributed by atoms with Gasteiger partial charge in [-0.05, 0) is 38.8 Å². The zero-order valence-corrected chi connectivity index (χ0v) is 17.1. The summed E-state index contributed by atoms with van der Waals surface area (Å²) in [6.45, 7) is 3.87. The van der Waals surface area contributed by atoms with E-state index in [1.807, 2.05) is 0 Å². The number of methoxy groups -OCH3 is 1. The molecular weight excluding hydrogens is 392 g/mol. The normalized spacial score (nSPS) is 23.9. The fraction of sp³-hybridized carbons (Fsp3) is 0.765. The van der Waals surface area contributed by atoms with Crippen LogP contribution in [0.25, 0.3) is 0 Å². The molecule has 27 heavy (non-hydrogen) atoms. The zero-order chi connectivity index (χ0) is 18.4. The molecule has 152 valence electrons. The predicted molar refractivity (Wildman–Crippen MR) is 108 cm³/mol. The van der Waals surface area contributed by atoms with E-state index in [4.69, 9.17) is 4.74 Å². The van der Waals surface area contributed by atoms with Gasteiger partial charge in [0.05, 0.1) is 26.2 Å². The minimum absolute atomic E-state index is 0. The second kappa shape index (κ2) is 10.9. The molecule has 2 fully saturated rings. The van der Waals surface area contributed by atoms with Gasteiger partial charge in [-0.1, -0.05) is 0 Å². The average molecular weight is 419 g/mol. The first kappa shape index (κ1) is 22.0. The number of ether oxygens (including phenoxy) is 2. The second-order valence-corrected chi connectivity index (χ2v) is 8.18. The van der Waals surface area contributed by atoms with Crippen molar-refractivity contribution in [2.24, 2.45) is 16.1 Å². The van der Waals surface area contributed by atoms with Crippen LogP contribution in [0.3, 0.4) is 0 Å². The molecule has 2 saturated heterocycles. The van der Waals surface area contributed by atoms with Gasteiger partial charge in [-0.3, -0.25) is 4.79 Å². The third-order valence-electron chi connectivity index (χ3n) is 5.00. The lowest BCUT2D eigenvalue weighted by atomic mass is 10.00. The van der Waals surface area contributed by atoms with E-state index in [0.29, 0.717) is 12.5 Å². The number of esters is 1. The van der Waals surface area contributed by atoms with Crippen LogP contribution >= 0.6 is 22.9 Å².